The van der Waals surface area contributed by atoms with Crippen LogP contribution in [-0.4, -0.2) is 556 Å². The van der Waals surface area contributed by atoms with Gasteiger partial charge in [0.15, 0.2) is 69.2 Å². The van der Waals surface area contributed by atoms with Gasteiger partial charge in [0.05, 0.1) is 71.2 Å². The SMILES string of the molecule is CC(=O)N[C@H]1[C@H](O[C@H]2[C@@H](O)[C@@H](CO[C@@H]3O[C@H](CO)[C@@H](O[C@@H]4O[C@H](CO)[C@H](O)[C@H](O[C@@H]5O[C@H](CO)[C@@H](O)[C@H](O[C@@H]6O[C@H](CO)[C@H](O)[C@H](O)[C@H]6O)[C@H]5NC(C)=O)[C@H]4O)[C@H](O[C@@H]4O[C@@H](C)[C@@H](O)[C@@H](O)[C@@H]4O)[C@H]3NC(C)=O)O[C@@H](O[C@H]3[C@H](O)[C@@H](O)C(O)O[C@@H]3CO)[C@@H]2O)O[C@H](CO)[C@@H](O[C@@H]2O[C@@H](C)[C@@H](O)[C@@H](O)[C@@H]2O)[C@@H]1O[C@@H]1O[C@H](CO)[C@H](O)[C@H](O)[C@H]1O[C@@H]1O[C@@H](C)[C@@H](O)[C@@H](O)[C@@H]1O. The molecular formula is C72H121N3O53. The molecule has 0 aromatic carbocycles. The summed E-state index contributed by atoms with van der Waals surface area (Å²) in [5.41, 5.74) is 0. The first-order chi connectivity index (χ1) is 60.5. The molecule has 0 aliphatic carbocycles. The van der Waals surface area contributed by atoms with Crippen molar-refractivity contribution in [3.63, 3.8) is 0 Å². The summed E-state index contributed by atoms with van der Waals surface area (Å²) in [5, 5.41) is 332. The van der Waals surface area contributed by atoms with Crippen molar-refractivity contribution in [3.05, 3.63) is 0 Å². The van der Waals surface area contributed by atoms with Crippen LogP contribution in [0.3, 0.4) is 0 Å². The van der Waals surface area contributed by atoms with Gasteiger partial charge in [0.25, 0.3) is 0 Å². The summed E-state index contributed by atoms with van der Waals surface area (Å²) >= 11 is 0. The van der Waals surface area contributed by atoms with E-state index in [4.69, 9.17) is 99.5 Å². The smallest absolute Gasteiger partial charge is 0.217 e. The normalized spacial score (nSPS) is 51.6. The Morgan fingerprint density at radius 3 is 0.891 bits per heavy atom. The standard InChI is InChI=1S/C72H121N3O53/c1-15-32(86)40(94)47(101)66(109-15)121-55-27(13-82)118-65(31(75-20(6)85)58(55)125-72-61(44(98)36(90)22(8-77)116-72)128-68-49(103)42(96)34(88)17(3)111-68)127-60-39(93)28(119-71(52(60)106)120-53-25(11-80)112-62(107)46(100)45(53)99)14-108-63-30(74-19(5)84)57(124-67-48(102)41(95)33(87)16(2)110-67)54(26(12-81)117-63)122-70-51(105)59(38(92)24(10-79)115-70)126-64-29(73-18(4)83)56(37(91)23(9-78)113-64)123-69-50(104)43(97)35(89)21(7-76)114-69/h15-17,21-72,76-82,86-107H,7-14H2,1-6H3,(H,73,83)(H,74,84)(H,75,85)/t15-,16-,17-,21+,22+,23+,24+,25+,26+,27+,28+,29+,30+,31+,32+,33+,34+,35-,36-,37+,38-,39-,40+,41+,42+,43-,44-,45+,46+,47-,48-,49-,50+,51+,52+,53+,54+,55+,56+,57+,58+,59-,60-,61+,62?,63+,64-,65-,66-,67-,68-,69-,70-,71-,72-/m0/s1. The Kier molecular flexibility index (Phi) is 37.0. The lowest BCUT2D eigenvalue weighted by Crippen LogP contribution is -2.72. The zero-order chi connectivity index (χ0) is 94.1. The van der Waals surface area contributed by atoms with Gasteiger partial charge in [-0.15, -0.1) is 0 Å². The Labute approximate surface area is 725 Å². The van der Waals surface area contributed by atoms with Crippen molar-refractivity contribution in [1.29, 1.82) is 0 Å². The van der Waals surface area contributed by atoms with Gasteiger partial charge in [0.2, 0.25) is 17.7 Å². The molecule has 11 aliphatic heterocycles. The number of carbonyl (C=O) groups excluding carboxylic acids is 3. The summed E-state index contributed by atoms with van der Waals surface area (Å²) in [6.45, 7) is -2.96. The molecule has 56 heteroatoms. The van der Waals surface area contributed by atoms with Crippen LogP contribution in [0.4, 0.5) is 0 Å². The predicted molar refractivity (Wildman–Crippen MR) is 393 cm³/mol. The van der Waals surface area contributed by atoms with Crippen LogP contribution in [0.5, 0.6) is 0 Å². The highest BCUT2D eigenvalue weighted by Gasteiger charge is 2.63. The highest BCUT2D eigenvalue weighted by Crippen LogP contribution is 2.43. The summed E-state index contributed by atoms with van der Waals surface area (Å²) in [6, 6.07) is -6.12. The molecule has 0 bridgehead atoms. The summed E-state index contributed by atoms with van der Waals surface area (Å²) in [6.07, 6.45) is -109. The Bertz CT molecular complexity index is 3460. The molecule has 0 spiro atoms. The van der Waals surface area contributed by atoms with Gasteiger partial charge < -0.3 is 264 Å². The third-order valence-corrected chi connectivity index (χ3v) is 24.1. The third kappa shape index (κ3) is 22.5. The number of ether oxygens (including phenoxy) is 21. The van der Waals surface area contributed by atoms with Gasteiger partial charge in [-0.25, -0.2) is 0 Å². The molecule has 128 heavy (non-hydrogen) atoms. The minimum Gasteiger partial charge on any atom is -0.394 e. The second-order valence-corrected chi connectivity index (χ2v) is 33.0. The van der Waals surface area contributed by atoms with Crippen molar-refractivity contribution in [2.24, 2.45) is 0 Å². The van der Waals surface area contributed by atoms with Crippen molar-refractivity contribution in [1.82, 2.24) is 16.0 Å². The van der Waals surface area contributed by atoms with Crippen LogP contribution >= 0.6 is 0 Å². The maximum absolute atomic E-state index is 13.8. The van der Waals surface area contributed by atoms with Crippen molar-refractivity contribution >= 4 is 17.7 Å². The van der Waals surface area contributed by atoms with E-state index in [0.29, 0.717) is 0 Å². The average molecular weight is 1880 g/mol. The van der Waals surface area contributed by atoms with E-state index in [1.54, 1.807) is 0 Å². The van der Waals surface area contributed by atoms with E-state index >= 15 is 0 Å². The van der Waals surface area contributed by atoms with Crippen LogP contribution in [0, 0.1) is 0 Å². The van der Waals surface area contributed by atoms with E-state index in [2.05, 4.69) is 16.0 Å². The Morgan fingerprint density at radius 2 is 0.477 bits per heavy atom. The van der Waals surface area contributed by atoms with E-state index in [9.17, 15) is 162 Å². The van der Waals surface area contributed by atoms with E-state index in [-0.39, 0.29) is 0 Å². The van der Waals surface area contributed by atoms with Crippen molar-refractivity contribution in [2.75, 3.05) is 52.9 Å². The zero-order valence-corrected chi connectivity index (χ0v) is 69.2. The fourth-order valence-electron chi connectivity index (χ4n) is 16.8. The van der Waals surface area contributed by atoms with Crippen molar-refractivity contribution in [2.45, 2.75) is 379 Å². The van der Waals surface area contributed by atoms with Gasteiger partial charge in [-0.05, 0) is 20.8 Å². The van der Waals surface area contributed by atoms with E-state index < -0.39 is 408 Å². The largest absolute Gasteiger partial charge is 0.394 e. The number of carbonyl (C=O) groups is 3. The minimum absolute atomic E-state index is 0.886. The molecule has 11 rings (SSSR count). The lowest BCUT2D eigenvalue weighted by molar-refractivity contribution is -0.402. The molecule has 742 valence electrons. The van der Waals surface area contributed by atoms with Gasteiger partial charge in [-0.1, -0.05) is 0 Å². The first-order valence-corrected chi connectivity index (χ1v) is 41.2. The summed E-state index contributed by atoms with van der Waals surface area (Å²) < 4.78 is 127. The van der Waals surface area contributed by atoms with Gasteiger partial charge in [0.1, 0.15) is 250 Å². The Balaban J connectivity index is 0.945. The van der Waals surface area contributed by atoms with Crippen LogP contribution < -0.4 is 16.0 Å². The fourth-order valence-corrected chi connectivity index (χ4v) is 16.8. The molecule has 11 fully saturated rings. The van der Waals surface area contributed by atoms with E-state index in [0.717, 1.165) is 20.8 Å². The van der Waals surface area contributed by atoms with E-state index in [1.165, 1.54) is 20.8 Å². The average Bonchev–Trinajstić information content (AvgIpc) is 0.754. The molecule has 0 aromatic heterocycles. The Morgan fingerprint density at radius 1 is 0.219 bits per heavy atom. The van der Waals surface area contributed by atoms with Crippen LogP contribution in [0.2, 0.25) is 0 Å². The van der Waals surface area contributed by atoms with Crippen LogP contribution in [0.1, 0.15) is 41.5 Å². The maximum Gasteiger partial charge on any atom is 0.217 e. The second kappa shape index (κ2) is 45.1. The molecule has 11 aliphatic rings. The number of aliphatic hydroxyl groups excluding tert-OH is 29. The summed E-state index contributed by atoms with van der Waals surface area (Å²) in [4.78, 5) is 40.6. The molecular weight excluding hydrogens is 1750 g/mol. The number of amides is 3. The summed E-state index contributed by atoms with van der Waals surface area (Å²) in [7, 11) is 0. The number of aliphatic hydroxyl groups is 29. The number of rotatable bonds is 31. The molecule has 0 radical (unpaired) electrons. The highest BCUT2D eigenvalue weighted by atomic mass is 16.8. The second-order valence-electron chi connectivity index (χ2n) is 33.0. The van der Waals surface area contributed by atoms with Crippen LogP contribution in [-0.2, 0) is 114 Å². The number of hydrogen-bond acceptors (Lipinski definition) is 53. The summed E-state index contributed by atoms with van der Waals surface area (Å²) in [5.74, 6) is -3.06. The molecule has 56 nitrogen and oxygen atoms in total. The quantitative estimate of drug-likeness (QED) is 0.0306. The molecule has 11 heterocycles. The van der Waals surface area contributed by atoms with Crippen molar-refractivity contribution < 1.29 is 262 Å². The van der Waals surface area contributed by atoms with Gasteiger partial charge in [-0.3, -0.25) is 14.4 Å². The maximum atomic E-state index is 13.8. The van der Waals surface area contributed by atoms with Gasteiger partial charge in [-0.2, -0.15) is 0 Å². The molecule has 0 aromatic rings. The van der Waals surface area contributed by atoms with Crippen molar-refractivity contribution in [3.8, 4) is 0 Å². The first-order valence-electron chi connectivity index (χ1n) is 41.2. The lowest BCUT2D eigenvalue weighted by atomic mass is 9.93. The Hall–Kier alpha value is -3.59. The monoisotopic (exact) mass is 1880 g/mol. The molecule has 1 unspecified atom stereocenters. The topological polar surface area (TPSA) is 868 Å². The number of nitrogens with one attached hydrogen (secondary N) is 3. The van der Waals surface area contributed by atoms with Gasteiger partial charge in [0, 0.05) is 20.8 Å². The molecule has 11 saturated heterocycles. The van der Waals surface area contributed by atoms with E-state index in [1.807, 2.05) is 0 Å². The lowest BCUT2D eigenvalue weighted by Gasteiger charge is -2.52. The molecule has 3 amide bonds. The van der Waals surface area contributed by atoms with Gasteiger partial charge >= 0.3 is 0 Å². The van der Waals surface area contributed by atoms with Crippen LogP contribution in [0.15, 0.2) is 0 Å². The van der Waals surface area contributed by atoms with Crippen LogP contribution in [0.25, 0.3) is 0 Å². The fraction of sp³-hybridized carbons (Fsp3) is 0.958. The molecule has 55 atom stereocenters. The third-order valence-electron chi connectivity index (χ3n) is 24.1. The minimum atomic E-state index is -2.58. The predicted octanol–water partition coefficient (Wildman–Crippen LogP) is -21.5. The zero-order valence-electron chi connectivity index (χ0n) is 69.2. The first kappa shape index (κ1) is 105. The molecule has 32 N–H and O–H groups in total. The number of hydrogen-bond donors (Lipinski definition) is 32. The molecule has 0 saturated carbocycles. The highest BCUT2D eigenvalue weighted by molar-refractivity contribution is 5.74.